The van der Waals surface area contributed by atoms with Crippen molar-refractivity contribution in [2.24, 2.45) is 0 Å². The van der Waals surface area contributed by atoms with E-state index in [1.165, 1.54) is 12.1 Å². The van der Waals surface area contributed by atoms with E-state index in [2.05, 4.69) is 10.2 Å². The fourth-order valence-corrected chi connectivity index (χ4v) is 2.74. The van der Waals surface area contributed by atoms with Gasteiger partial charge in [-0.1, -0.05) is 26.0 Å². The van der Waals surface area contributed by atoms with Crippen molar-refractivity contribution in [3.05, 3.63) is 47.4 Å². The molecule has 2 heterocycles. The van der Waals surface area contributed by atoms with Crippen molar-refractivity contribution < 1.29 is 18.4 Å². The van der Waals surface area contributed by atoms with E-state index >= 15 is 0 Å². The monoisotopic (exact) mass is 360 g/mol. The summed E-state index contributed by atoms with van der Waals surface area (Å²) in [7, 11) is 0. The SMILES string of the molecule is CC(C)c1nnc(C(=O)N2CCN(C(=O)Cc3ccc(F)cc3)CC2)o1. The van der Waals surface area contributed by atoms with E-state index in [1.807, 2.05) is 13.8 Å². The van der Waals surface area contributed by atoms with Crippen LogP contribution in [0, 0.1) is 5.82 Å². The van der Waals surface area contributed by atoms with E-state index < -0.39 is 0 Å². The molecule has 0 bridgehead atoms. The van der Waals surface area contributed by atoms with Gasteiger partial charge < -0.3 is 14.2 Å². The van der Waals surface area contributed by atoms with Crippen LogP contribution >= 0.6 is 0 Å². The van der Waals surface area contributed by atoms with Gasteiger partial charge in [-0.15, -0.1) is 10.2 Å². The van der Waals surface area contributed by atoms with Gasteiger partial charge in [0.15, 0.2) is 0 Å². The van der Waals surface area contributed by atoms with E-state index in [0.29, 0.717) is 32.1 Å². The molecular weight excluding hydrogens is 339 g/mol. The third kappa shape index (κ3) is 4.07. The van der Waals surface area contributed by atoms with Crippen LogP contribution in [0.2, 0.25) is 0 Å². The van der Waals surface area contributed by atoms with Crippen LogP contribution < -0.4 is 0 Å². The molecular formula is C18H21FN4O3. The molecule has 8 heteroatoms. The van der Waals surface area contributed by atoms with Gasteiger partial charge >= 0.3 is 11.8 Å². The van der Waals surface area contributed by atoms with Crippen molar-refractivity contribution in [3.8, 4) is 0 Å². The van der Waals surface area contributed by atoms with Gasteiger partial charge in [0.1, 0.15) is 5.82 Å². The first-order valence-corrected chi connectivity index (χ1v) is 8.59. The topological polar surface area (TPSA) is 79.5 Å². The zero-order valence-electron chi connectivity index (χ0n) is 14.8. The Labute approximate surface area is 150 Å². The lowest BCUT2D eigenvalue weighted by Crippen LogP contribution is -2.51. The Balaban J connectivity index is 1.53. The summed E-state index contributed by atoms with van der Waals surface area (Å²) in [6.07, 6.45) is 0.218. The Morgan fingerprint density at radius 1 is 1.08 bits per heavy atom. The van der Waals surface area contributed by atoms with E-state index in [-0.39, 0.29) is 35.9 Å². The molecule has 1 aromatic heterocycles. The van der Waals surface area contributed by atoms with E-state index in [0.717, 1.165) is 5.56 Å². The van der Waals surface area contributed by atoms with Gasteiger partial charge in [0.25, 0.3) is 0 Å². The maximum Gasteiger partial charge on any atom is 0.311 e. The molecule has 138 valence electrons. The van der Waals surface area contributed by atoms with Gasteiger partial charge in [0, 0.05) is 32.1 Å². The van der Waals surface area contributed by atoms with Gasteiger partial charge in [-0.05, 0) is 17.7 Å². The molecule has 0 saturated carbocycles. The summed E-state index contributed by atoms with van der Waals surface area (Å²) in [6, 6.07) is 5.90. The van der Waals surface area contributed by atoms with Crippen LogP contribution in [0.3, 0.4) is 0 Å². The molecule has 1 aliphatic rings. The molecule has 2 aromatic rings. The third-order valence-electron chi connectivity index (χ3n) is 4.31. The van der Waals surface area contributed by atoms with Crippen LogP contribution in [0.1, 0.15) is 41.9 Å². The Morgan fingerprint density at radius 3 is 2.27 bits per heavy atom. The highest BCUT2D eigenvalue weighted by Gasteiger charge is 2.28. The van der Waals surface area contributed by atoms with Gasteiger partial charge in [0.05, 0.1) is 6.42 Å². The lowest BCUT2D eigenvalue weighted by molar-refractivity contribution is -0.131. The summed E-state index contributed by atoms with van der Waals surface area (Å²) in [5, 5.41) is 7.68. The second kappa shape index (κ2) is 7.63. The normalized spacial score (nSPS) is 14.8. The Hall–Kier alpha value is -2.77. The summed E-state index contributed by atoms with van der Waals surface area (Å²) < 4.78 is 18.3. The minimum Gasteiger partial charge on any atom is -0.417 e. The van der Waals surface area contributed by atoms with Crippen molar-refractivity contribution >= 4 is 11.8 Å². The Morgan fingerprint density at radius 2 is 1.69 bits per heavy atom. The summed E-state index contributed by atoms with van der Waals surface area (Å²) in [5.74, 6) is -0.195. The number of aromatic nitrogens is 2. The van der Waals surface area contributed by atoms with Crippen LogP contribution in [0.25, 0.3) is 0 Å². The van der Waals surface area contributed by atoms with Crippen LogP contribution in [0.15, 0.2) is 28.7 Å². The summed E-state index contributed by atoms with van der Waals surface area (Å²) in [4.78, 5) is 28.1. The first-order valence-electron chi connectivity index (χ1n) is 8.59. The fraction of sp³-hybridized carbons (Fsp3) is 0.444. The minimum atomic E-state index is -0.324. The molecule has 1 aromatic carbocycles. The molecule has 0 atom stereocenters. The molecule has 0 spiro atoms. The molecule has 1 aliphatic heterocycles. The molecule has 0 radical (unpaired) electrons. The highest BCUT2D eigenvalue weighted by atomic mass is 19.1. The number of benzene rings is 1. The van der Waals surface area contributed by atoms with Crippen molar-refractivity contribution in [1.82, 2.24) is 20.0 Å². The number of rotatable bonds is 4. The molecule has 0 N–H and O–H groups in total. The van der Waals surface area contributed by atoms with Gasteiger partial charge in [0.2, 0.25) is 11.8 Å². The Bertz CT molecular complexity index is 780. The predicted octanol–water partition coefficient (Wildman–Crippen LogP) is 1.86. The van der Waals surface area contributed by atoms with E-state index in [4.69, 9.17) is 4.42 Å². The number of carbonyl (C=O) groups excluding carboxylic acids is 2. The summed E-state index contributed by atoms with van der Waals surface area (Å²) >= 11 is 0. The largest absolute Gasteiger partial charge is 0.417 e. The number of piperazine rings is 1. The number of hydrogen-bond acceptors (Lipinski definition) is 5. The zero-order valence-corrected chi connectivity index (χ0v) is 14.8. The standard InChI is InChI=1S/C18H21FN4O3/c1-12(2)16-20-21-17(26-16)18(25)23-9-7-22(8-10-23)15(24)11-13-3-5-14(19)6-4-13/h3-6,12H,7-11H2,1-2H3. The smallest absolute Gasteiger partial charge is 0.311 e. The molecule has 3 rings (SSSR count). The second-order valence-corrected chi connectivity index (χ2v) is 6.58. The number of hydrogen-bond donors (Lipinski definition) is 0. The first-order chi connectivity index (χ1) is 12.4. The maximum absolute atomic E-state index is 12.9. The Kier molecular flexibility index (Phi) is 5.29. The summed E-state index contributed by atoms with van der Waals surface area (Å²) in [6.45, 7) is 5.52. The molecule has 0 unspecified atom stereocenters. The van der Waals surface area contributed by atoms with Crippen LogP contribution in [0.4, 0.5) is 4.39 Å². The molecule has 1 fully saturated rings. The lowest BCUT2D eigenvalue weighted by atomic mass is 10.1. The fourth-order valence-electron chi connectivity index (χ4n) is 2.74. The average molecular weight is 360 g/mol. The van der Waals surface area contributed by atoms with Crippen molar-refractivity contribution in [3.63, 3.8) is 0 Å². The van der Waals surface area contributed by atoms with E-state index in [9.17, 15) is 14.0 Å². The second-order valence-electron chi connectivity index (χ2n) is 6.58. The summed E-state index contributed by atoms with van der Waals surface area (Å²) in [5.41, 5.74) is 0.766. The highest BCUT2D eigenvalue weighted by molar-refractivity contribution is 5.89. The number of amides is 2. The van der Waals surface area contributed by atoms with Crippen LogP contribution in [-0.2, 0) is 11.2 Å². The predicted molar refractivity (Wildman–Crippen MR) is 91.0 cm³/mol. The quantitative estimate of drug-likeness (QED) is 0.831. The third-order valence-corrected chi connectivity index (χ3v) is 4.31. The van der Waals surface area contributed by atoms with Crippen molar-refractivity contribution in [1.29, 1.82) is 0 Å². The van der Waals surface area contributed by atoms with Crippen LogP contribution in [0.5, 0.6) is 0 Å². The van der Waals surface area contributed by atoms with Crippen LogP contribution in [-0.4, -0.2) is 58.0 Å². The number of carbonyl (C=O) groups is 2. The van der Waals surface area contributed by atoms with Crippen molar-refractivity contribution in [2.45, 2.75) is 26.2 Å². The minimum absolute atomic E-state index is 0.0141. The maximum atomic E-state index is 12.9. The molecule has 2 amide bonds. The highest BCUT2D eigenvalue weighted by Crippen LogP contribution is 2.15. The molecule has 26 heavy (non-hydrogen) atoms. The molecule has 1 saturated heterocycles. The van der Waals surface area contributed by atoms with E-state index in [1.54, 1.807) is 21.9 Å². The average Bonchev–Trinajstić information content (AvgIpc) is 3.13. The van der Waals surface area contributed by atoms with Gasteiger partial charge in [-0.2, -0.15) is 0 Å². The molecule has 7 nitrogen and oxygen atoms in total. The lowest BCUT2D eigenvalue weighted by Gasteiger charge is -2.34. The van der Waals surface area contributed by atoms with Gasteiger partial charge in [-0.3, -0.25) is 9.59 Å². The van der Waals surface area contributed by atoms with Crippen molar-refractivity contribution in [2.75, 3.05) is 26.2 Å². The zero-order chi connectivity index (χ0) is 18.7. The first kappa shape index (κ1) is 18.0. The van der Waals surface area contributed by atoms with Gasteiger partial charge in [-0.25, -0.2) is 4.39 Å². The molecule has 0 aliphatic carbocycles. The number of halogens is 1. The number of nitrogens with zero attached hydrogens (tertiary/aromatic N) is 4.